The molecule has 2 aromatic carbocycles. The summed E-state index contributed by atoms with van der Waals surface area (Å²) in [5.74, 6) is 0.0833. The summed E-state index contributed by atoms with van der Waals surface area (Å²) in [6, 6.07) is 16.5. The SMILES string of the molecule is Cc1cccc(CNCCC(=O)NCc2ccccc2C)c1. The van der Waals surface area contributed by atoms with Gasteiger partial charge >= 0.3 is 0 Å². The Labute approximate surface area is 132 Å². The van der Waals surface area contributed by atoms with Crippen molar-refractivity contribution in [1.82, 2.24) is 10.6 Å². The van der Waals surface area contributed by atoms with Crippen molar-refractivity contribution >= 4 is 5.91 Å². The number of carbonyl (C=O) groups is 1. The minimum atomic E-state index is 0.0833. The number of hydrogen-bond donors (Lipinski definition) is 2. The third kappa shape index (κ3) is 5.34. The van der Waals surface area contributed by atoms with Crippen LogP contribution in [0.1, 0.15) is 28.7 Å². The standard InChI is InChI=1S/C19H24N2O/c1-15-6-5-8-17(12-15)13-20-11-10-19(22)21-14-18-9-4-3-7-16(18)2/h3-9,12,20H,10-11,13-14H2,1-2H3,(H,21,22). The van der Waals surface area contributed by atoms with Crippen molar-refractivity contribution in [2.24, 2.45) is 0 Å². The molecule has 0 spiro atoms. The Morgan fingerprint density at radius 1 is 1.00 bits per heavy atom. The number of hydrogen-bond acceptors (Lipinski definition) is 2. The molecule has 0 aromatic heterocycles. The van der Waals surface area contributed by atoms with Crippen LogP contribution < -0.4 is 10.6 Å². The summed E-state index contributed by atoms with van der Waals surface area (Å²) in [6.45, 7) is 6.23. The van der Waals surface area contributed by atoms with Gasteiger partial charge in [-0.2, -0.15) is 0 Å². The van der Waals surface area contributed by atoms with Gasteiger partial charge in [-0.1, -0.05) is 54.1 Å². The van der Waals surface area contributed by atoms with Gasteiger partial charge in [-0.15, -0.1) is 0 Å². The van der Waals surface area contributed by atoms with Crippen LogP contribution in [0.15, 0.2) is 48.5 Å². The van der Waals surface area contributed by atoms with Gasteiger partial charge in [-0.05, 0) is 30.5 Å². The van der Waals surface area contributed by atoms with E-state index in [1.54, 1.807) is 0 Å². The first kappa shape index (κ1) is 16.2. The maximum Gasteiger partial charge on any atom is 0.221 e. The van der Waals surface area contributed by atoms with Crippen LogP contribution in [-0.2, 0) is 17.9 Å². The number of aryl methyl sites for hydroxylation is 2. The number of benzene rings is 2. The lowest BCUT2D eigenvalue weighted by atomic mass is 10.1. The summed E-state index contributed by atoms with van der Waals surface area (Å²) in [7, 11) is 0. The molecule has 0 atom stereocenters. The quantitative estimate of drug-likeness (QED) is 0.771. The van der Waals surface area contributed by atoms with Crippen molar-refractivity contribution in [2.45, 2.75) is 33.4 Å². The molecule has 2 N–H and O–H groups in total. The summed E-state index contributed by atoms with van der Waals surface area (Å²) in [5.41, 5.74) is 4.89. The third-order valence-electron chi connectivity index (χ3n) is 3.68. The first-order valence-corrected chi connectivity index (χ1v) is 7.72. The molecule has 3 heteroatoms. The molecule has 22 heavy (non-hydrogen) atoms. The first-order valence-electron chi connectivity index (χ1n) is 7.72. The number of amides is 1. The largest absolute Gasteiger partial charge is 0.352 e. The van der Waals surface area contributed by atoms with Gasteiger partial charge in [0.05, 0.1) is 0 Å². The van der Waals surface area contributed by atoms with E-state index in [4.69, 9.17) is 0 Å². The summed E-state index contributed by atoms with van der Waals surface area (Å²) in [4.78, 5) is 11.8. The zero-order chi connectivity index (χ0) is 15.8. The third-order valence-corrected chi connectivity index (χ3v) is 3.68. The Hall–Kier alpha value is -2.13. The first-order chi connectivity index (χ1) is 10.6. The van der Waals surface area contributed by atoms with Crippen molar-refractivity contribution in [3.8, 4) is 0 Å². The minimum absolute atomic E-state index is 0.0833. The molecule has 2 aromatic rings. The molecule has 2 rings (SSSR count). The van der Waals surface area contributed by atoms with Gasteiger partial charge in [-0.25, -0.2) is 0 Å². The van der Waals surface area contributed by atoms with Crippen LogP contribution in [0.25, 0.3) is 0 Å². The molecule has 0 heterocycles. The van der Waals surface area contributed by atoms with E-state index in [-0.39, 0.29) is 5.91 Å². The molecular weight excluding hydrogens is 272 g/mol. The molecule has 0 aliphatic heterocycles. The molecule has 0 saturated carbocycles. The Kier molecular flexibility index (Phi) is 6.16. The van der Waals surface area contributed by atoms with Gasteiger partial charge in [0, 0.05) is 26.1 Å². The van der Waals surface area contributed by atoms with Crippen LogP contribution in [-0.4, -0.2) is 12.5 Å². The van der Waals surface area contributed by atoms with Crippen molar-refractivity contribution in [3.05, 3.63) is 70.8 Å². The molecule has 0 radical (unpaired) electrons. The van der Waals surface area contributed by atoms with Crippen molar-refractivity contribution in [3.63, 3.8) is 0 Å². The van der Waals surface area contributed by atoms with Gasteiger partial charge in [0.25, 0.3) is 0 Å². The molecular formula is C19H24N2O. The zero-order valence-corrected chi connectivity index (χ0v) is 13.4. The Morgan fingerprint density at radius 2 is 1.82 bits per heavy atom. The molecule has 116 valence electrons. The van der Waals surface area contributed by atoms with Crippen LogP contribution in [0, 0.1) is 13.8 Å². The fourth-order valence-electron chi connectivity index (χ4n) is 2.35. The summed E-state index contributed by atoms with van der Waals surface area (Å²) in [6.07, 6.45) is 0.498. The van der Waals surface area contributed by atoms with Crippen molar-refractivity contribution in [1.29, 1.82) is 0 Å². The van der Waals surface area contributed by atoms with Crippen LogP contribution in [0.3, 0.4) is 0 Å². The molecule has 1 amide bonds. The van der Waals surface area contributed by atoms with Crippen LogP contribution in [0.4, 0.5) is 0 Å². The topological polar surface area (TPSA) is 41.1 Å². The Morgan fingerprint density at radius 3 is 2.59 bits per heavy atom. The highest BCUT2D eigenvalue weighted by atomic mass is 16.1. The number of nitrogens with one attached hydrogen (secondary N) is 2. The second-order valence-electron chi connectivity index (χ2n) is 5.62. The van der Waals surface area contributed by atoms with E-state index in [0.717, 1.165) is 6.54 Å². The van der Waals surface area contributed by atoms with Crippen LogP contribution >= 0.6 is 0 Å². The molecule has 0 aliphatic carbocycles. The second-order valence-corrected chi connectivity index (χ2v) is 5.62. The Bertz CT molecular complexity index is 622. The maximum atomic E-state index is 11.8. The predicted molar refractivity (Wildman–Crippen MR) is 90.5 cm³/mol. The molecule has 0 unspecified atom stereocenters. The van der Waals surface area contributed by atoms with E-state index in [0.29, 0.717) is 19.5 Å². The summed E-state index contributed by atoms with van der Waals surface area (Å²) < 4.78 is 0. The number of carbonyl (C=O) groups excluding carboxylic acids is 1. The second kappa shape index (κ2) is 8.35. The van der Waals surface area contributed by atoms with E-state index in [1.165, 1.54) is 22.3 Å². The maximum absolute atomic E-state index is 11.8. The Balaban J connectivity index is 1.65. The molecule has 3 nitrogen and oxygen atoms in total. The van der Waals surface area contributed by atoms with Crippen molar-refractivity contribution in [2.75, 3.05) is 6.54 Å². The van der Waals surface area contributed by atoms with Gasteiger partial charge in [0.1, 0.15) is 0 Å². The van der Waals surface area contributed by atoms with E-state index in [1.807, 2.05) is 18.2 Å². The lowest BCUT2D eigenvalue weighted by Crippen LogP contribution is -2.27. The monoisotopic (exact) mass is 296 g/mol. The highest BCUT2D eigenvalue weighted by Gasteiger charge is 2.02. The van der Waals surface area contributed by atoms with Crippen LogP contribution in [0.2, 0.25) is 0 Å². The van der Waals surface area contributed by atoms with Gasteiger partial charge < -0.3 is 10.6 Å². The highest BCUT2D eigenvalue weighted by Crippen LogP contribution is 2.06. The lowest BCUT2D eigenvalue weighted by Gasteiger charge is -2.09. The summed E-state index contributed by atoms with van der Waals surface area (Å²) >= 11 is 0. The molecule has 0 aliphatic rings. The average molecular weight is 296 g/mol. The normalized spacial score (nSPS) is 10.5. The molecule has 0 bridgehead atoms. The van der Waals surface area contributed by atoms with E-state index >= 15 is 0 Å². The number of rotatable bonds is 7. The van der Waals surface area contributed by atoms with E-state index in [2.05, 4.69) is 54.8 Å². The highest BCUT2D eigenvalue weighted by molar-refractivity contribution is 5.76. The average Bonchev–Trinajstić information content (AvgIpc) is 2.51. The summed E-state index contributed by atoms with van der Waals surface area (Å²) in [5, 5.41) is 6.28. The molecule has 0 fully saturated rings. The predicted octanol–water partition coefficient (Wildman–Crippen LogP) is 3.10. The molecule has 0 saturated heterocycles. The van der Waals surface area contributed by atoms with E-state index in [9.17, 15) is 4.79 Å². The fraction of sp³-hybridized carbons (Fsp3) is 0.316. The van der Waals surface area contributed by atoms with E-state index < -0.39 is 0 Å². The van der Waals surface area contributed by atoms with Crippen molar-refractivity contribution < 1.29 is 4.79 Å². The van der Waals surface area contributed by atoms with Gasteiger partial charge in [0.2, 0.25) is 5.91 Å². The smallest absolute Gasteiger partial charge is 0.221 e. The zero-order valence-electron chi connectivity index (χ0n) is 13.4. The fourth-order valence-corrected chi connectivity index (χ4v) is 2.35. The van der Waals surface area contributed by atoms with Crippen LogP contribution in [0.5, 0.6) is 0 Å². The minimum Gasteiger partial charge on any atom is -0.352 e. The van der Waals surface area contributed by atoms with Gasteiger partial charge in [0.15, 0.2) is 0 Å². The van der Waals surface area contributed by atoms with Gasteiger partial charge in [-0.3, -0.25) is 4.79 Å². The lowest BCUT2D eigenvalue weighted by molar-refractivity contribution is -0.121.